The molecule has 4 N–H and O–H groups in total. The first kappa shape index (κ1) is 44.5. The summed E-state index contributed by atoms with van der Waals surface area (Å²) in [5.41, 5.74) is 3.93. The molecule has 2 aromatic rings. The average Bonchev–Trinajstić information content (AvgIpc) is 3.47. The number of anilines is 1. The second kappa shape index (κ2) is 17.9. The fourth-order valence-electron chi connectivity index (χ4n) is 8.82. The van der Waals surface area contributed by atoms with Gasteiger partial charge >= 0.3 is 0 Å². The quantitative estimate of drug-likeness (QED) is 0.188. The molecule has 0 spiro atoms. The summed E-state index contributed by atoms with van der Waals surface area (Å²) in [5.74, 6) is 0.613. The highest BCUT2D eigenvalue weighted by Crippen LogP contribution is 2.48. The first-order chi connectivity index (χ1) is 25.6. The number of carbonyl (C=O) groups is 2. The van der Waals surface area contributed by atoms with Crippen molar-refractivity contribution in [2.75, 3.05) is 53.4 Å². The van der Waals surface area contributed by atoms with E-state index in [9.17, 15) is 19.8 Å². The number of aliphatic hydroxyl groups is 2. The van der Waals surface area contributed by atoms with Crippen LogP contribution in [0.15, 0.2) is 36.4 Å². The molecule has 0 radical (unpaired) electrons. The number of methoxy groups -OCH3 is 1. The van der Waals surface area contributed by atoms with Crippen molar-refractivity contribution in [2.24, 2.45) is 34.5 Å². The maximum atomic E-state index is 14.4. The van der Waals surface area contributed by atoms with Gasteiger partial charge in [0.1, 0.15) is 17.9 Å². The highest BCUT2D eigenvalue weighted by Gasteiger charge is 2.51. The molecule has 1 saturated heterocycles. The van der Waals surface area contributed by atoms with Gasteiger partial charge in [-0.05, 0) is 86.2 Å². The molecule has 0 aromatic heterocycles. The fourth-order valence-corrected chi connectivity index (χ4v) is 8.82. The molecule has 55 heavy (non-hydrogen) atoms. The van der Waals surface area contributed by atoms with Crippen molar-refractivity contribution in [3.8, 4) is 16.9 Å². The van der Waals surface area contributed by atoms with Gasteiger partial charge in [0.2, 0.25) is 5.91 Å². The summed E-state index contributed by atoms with van der Waals surface area (Å²) in [6.07, 6.45) is 0.00654. The number of carbonyl (C=O) groups excluding carboxylic acids is 2. The molecule has 2 aliphatic rings. The summed E-state index contributed by atoms with van der Waals surface area (Å²) in [6, 6.07) is 10.7. The molecule has 9 atom stereocenters. The topological polar surface area (TPSA) is 127 Å². The van der Waals surface area contributed by atoms with E-state index >= 15 is 0 Å². The van der Waals surface area contributed by atoms with Gasteiger partial charge in [0, 0.05) is 61.0 Å². The third-order valence-electron chi connectivity index (χ3n) is 12.6. The minimum Gasteiger partial charge on any atom is -0.496 e. The molecule has 2 amide bonds. The van der Waals surface area contributed by atoms with Crippen LogP contribution in [0.25, 0.3) is 11.1 Å². The van der Waals surface area contributed by atoms with Crippen LogP contribution in [0.2, 0.25) is 0 Å². The van der Waals surface area contributed by atoms with Crippen molar-refractivity contribution >= 4 is 17.5 Å². The largest absolute Gasteiger partial charge is 0.496 e. The third-order valence-corrected chi connectivity index (χ3v) is 12.6. The first-order valence-corrected chi connectivity index (χ1v) is 20.1. The lowest BCUT2D eigenvalue weighted by atomic mass is 9.58. The number of amides is 2. The molecule has 1 saturated carbocycles. The van der Waals surface area contributed by atoms with Crippen molar-refractivity contribution in [2.45, 2.75) is 112 Å². The number of hydrogen-bond acceptors (Lipinski definition) is 9. The summed E-state index contributed by atoms with van der Waals surface area (Å²) in [6.45, 7) is 20.1. The molecule has 1 unspecified atom stereocenters. The summed E-state index contributed by atoms with van der Waals surface area (Å²) in [7, 11) is 9.54. The first-order valence-electron chi connectivity index (χ1n) is 20.1. The highest BCUT2D eigenvalue weighted by atomic mass is 16.7. The number of hydroxylamine groups is 2. The molecule has 1 heterocycles. The Kier molecular flexibility index (Phi) is 14.5. The fraction of sp³-hybridized carbons (Fsp3) is 0.682. The van der Waals surface area contributed by atoms with Crippen molar-refractivity contribution in [3.05, 3.63) is 47.5 Å². The van der Waals surface area contributed by atoms with Crippen molar-refractivity contribution in [1.82, 2.24) is 20.6 Å². The number of nitrogens with one attached hydrogen (secondary N) is 2. The van der Waals surface area contributed by atoms with E-state index in [1.807, 2.05) is 69.5 Å². The Morgan fingerprint density at radius 3 is 2.33 bits per heavy atom. The molecule has 1 aliphatic heterocycles. The van der Waals surface area contributed by atoms with Crippen LogP contribution in [0.3, 0.4) is 0 Å². The Bertz CT molecular complexity index is 1620. The van der Waals surface area contributed by atoms with Crippen molar-refractivity contribution < 1.29 is 29.4 Å². The van der Waals surface area contributed by atoms with Gasteiger partial charge in [-0.1, -0.05) is 73.6 Å². The molecule has 11 heteroatoms. The van der Waals surface area contributed by atoms with Gasteiger partial charge in [0.15, 0.2) is 0 Å². The Hall–Kier alpha value is -3.22. The van der Waals surface area contributed by atoms with Crippen LogP contribution in [-0.4, -0.2) is 111 Å². The van der Waals surface area contributed by atoms with Gasteiger partial charge in [-0.25, -0.2) is 0 Å². The molecule has 1 aliphatic carbocycles. The summed E-state index contributed by atoms with van der Waals surface area (Å²) >= 11 is 0. The highest BCUT2D eigenvalue weighted by molar-refractivity contribution is 5.97. The Balaban J connectivity index is 1.70. The minimum atomic E-state index is -0.911. The Labute approximate surface area is 331 Å². The summed E-state index contributed by atoms with van der Waals surface area (Å²) < 4.78 is 6.11. The maximum Gasteiger partial charge on any atom is 0.251 e. The Morgan fingerprint density at radius 2 is 1.76 bits per heavy atom. The number of likely N-dealkylation sites (N-methyl/N-ethyl adjacent to an activating group) is 1. The van der Waals surface area contributed by atoms with Crippen LogP contribution in [-0.2, 0) is 16.2 Å². The SMILES string of the molecule is COc1c(CN2O[C@@H](CO)[C@@H]([C@H](C)O)[C@H]2C(=O)N[C@H]2C[C@@H](C)C(C)(C)[C@@H](C)[C@@H]2C)cccc1-c1cc(C(=O)NC(CN(C)C)CC(C)(C)C)cc(N(C)C)c1. The molecule has 308 valence electrons. The summed E-state index contributed by atoms with van der Waals surface area (Å²) in [5, 5.41) is 29.6. The van der Waals surface area contributed by atoms with Gasteiger partial charge in [-0.15, -0.1) is 0 Å². The smallest absolute Gasteiger partial charge is 0.251 e. The predicted molar refractivity (Wildman–Crippen MR) is 221 cm³/mol. The zero-order valence-corrected chi connectivity index (χ0v) is 36.1. The number of benzene rings is 2. The number of hydrogen-bond donors (Lipinski definition) is 4. The molecular formula is C44H71N5O6. The lowest BCUT2D eigenvalue weighted by molar-refractivity contribution is -0.182. The minimum absolute atomic E-state index is 0.0324. The molecule has 2 aromatic carbocycles. The van der Waals surface area contributed by atoms with E-state index < -0.39 is 24.2 Å². The Morgan fingerprint density at radius 1 is 1.09 bits per heavy atom. The van der Waals surface area contributed by atoms with E-state index in [0.717, 1.165) is 41.8 Å². The van der Waals surface area contributed by atoms with Crippen LogP contribution in [0.5, 0.6) is 5.75 Å². The number of ether oxygens (including phenoxy) is 1. The van der Waals surface area contributed by atoms with E-state index in [2.05, 4.69) is 70.9 Å². The van der Waals surface area contributed by atoms with Crippen LogP contribution in [0, 0.1) is 34.5 Å². The van der Waals surface area contributed by atoms with E-state index in [0.29, 0.717) is 23.1 Å². The average molecular weight is 766 g/mol. The second-order valence-corrected chi connectivity index (χ2v) is 18.7. The zero-order chi connectivity index (χ0) is 41.2. The van der Waals surface area contributed by atoms with Crippen LogP contribution in [0.1, 0.15) is 91.1 Å². The maximum absolute atomic E-state index is 14.4. The van der Waals surface area contributed by atoms with Crippen molar-refractivity contribution in [1.29, 1.82) is 0 Å². The van der Waals surface area contributed by atoms with Gasteiger partial charge < -0.3 is 35.4 Å². The van der Waals surface area contributed by atoms with E-state index in [-0.39, 0.29) is 53.8 Å². The van der Waals surface area contributed by atoms with Gasteiger partial charge in [0.05, 0.1) is 26.4 Å². The molecule has 0 bridgehead atoms. The van der Waals surface area contributed by atoms with E-state index in [4.69, 9.17) is 9.57 Å². The van der Waals surface area contributed by atoms with Gasteiger partial charge in [-0.3, -0.25) is 14.4 Å². The lowest BCUT2D eigenvalue weighted by Crippen LogP contribution is -2.56. The molecule has 11 nitrogen and oxygen atoms in total. The van der Waals surface area contributed by atoms with E-state index in [1.54, 1.807) is 19.1 Å². The third kappa shape index (κ3) is 10.4. The summed E-state index contributed by atoms with van der Waals surface area (Å²) in [4.78, 5) is 38.7. The van der Waals surface area contributed by atoms with Crippen molar-refractivity contribution in [3.63, 3.8) is 0 Å². The van der Waals surface area contributed by atoms with Gasteiger partial charge in [-0.2, -0.15) is 5.06 Å². The number of aliphatic hydroxyl groups excluding tert-OH is 2. The molecular weight excluding hydrogens is 695 g/mol. The van der Waals surface area contributed by atoms with E-state index in [1.165, 1.54) is 0 Å². The predicted octanol–water partition coefficient (Wildman–Crippen LogP) is 5.82. The van der Waals surface area contributed by atoms with Gasteiger partial charge in [0.25, 0.3) is 5.91 Å². The lowest BCUT2D eigenvalue weighted by Gasteiger charge is -2.50. The molecule has 2 fully saturated rings. The monoisotopic (exact) mass is 766 g/mol. The second-order valence-electron chi connectivity index (χ2n) is 18.7. The van der Waals surface area contributed by atoms with Crippen LogP contribution in [0.4, 0.5) is 5.69 Å². The zero-order valence-electron chi connectivity index (χ0n) is 36.1. The number of rotatable bonds is 14. The number of para-hydroxylation sites is 1. The molecule has 4 rings (SSSR count). The van der Waals surface area contributed by atoms with Crippen LogP contribution >= 0.6 is 0 Å². The van der Waals surface area contributed by atoms with Crippen LogP contribution < -0.4 is 20.3 Å². The standard InChI is InChI=1S/C44H71N5O6/c1-26-18-36(27(2)28(3)44(26,8)9)46-42(53)39-38(29(4)51)37(25-50)55-49(39)23-30-16-15-17-35(40(30)54-14)31-19-32(21-34(20-31)48(12)13)41(52)45-33(24-47(10)11)22-43(5,6)7/h15-17,19-21,26-29,33,36-39,50-51H,18,22-25H2,1-14H3,(H,45,52)(H,46,53)/t26-,27+,28+,29+,33?,36+,37+,38-,39+/m1/s1. The normalized spacial score (nSPS) is 26.7. The number of nitrogens with zero attached hydrogens (tertiary/aromatic N) is 3.